The quantitative estimate of drug-likeness (QED) is 0.0731. The summed E-state index contributed by atoms with van der Waals surface area (Å²) in [6.45, 7) is 12.8. The van der Waals surface area contributed by atoms with Gasteiger partial charge in [0.2, 0.25) is 23.6 Å². The third-order valence-corrected chi connectivity index (χ3v) is 9.65. The molecule has 0 unspecified atom stereocenters. The van der Waals surface area contributed by atoms with Crippen LogP contribution in [0.3, 0.4) is 0 Å². The Morgan fingerprint density at radius 2 is 1.38 bits per heavy atom. The Morgan fingerprint density at radius 1 is 0.767 bits per heavy atom. The molecule has 5 N–H and O–H groups in total. The van der Waals surface area contributed by atoms with E-state index in [2.05, 4.69) is 26.6 Å². The molecule has 1 aliphatic rings. The second-order valence-corrected chi connectivity index (χ2v) is 16.7. The summed E-state index contributed by atoms with van der Waals surface area (Å²) in [5.41, 5.74) is 0.801. The molecule has 330 valence electrons. The zero-order valence-electron chi connectivity index (χ0n) is 36.2. The van der Waals surface area contributed by atoms with Crippen molar-refractivity contribution in [1.82, 2.24) is 31.5 Å². The number of esters is 1. The lowest BCUT2D eigenvalue weighted by Crippen LogP contribution is -2.60. The number of amides is 6. The summed E-state index contributed by atoms with van der Waals surface area (Å²) >= 11 is 0. The van der Waals surface area contributed by atoms with Crippen LogP contribution in [0.4, 0.5) is 9.59 Å². The highest BCUT2D eigenvalue weighted by atomic mass is 16.6. The maximum Gasteiger partial charge on any atom is 0.408 e. The number of carbonyl (C=O) groups is 7. The van der Waals surface area contributed by atoms with E-state index in [9.17, 15) is 33.6 Å². The maximum atomic E-state index is 14.1. The number of carbonyl (C=O) groups excluding carboxylic acids is 7. The monoisotopic (exact) mass is 836 g/mol. The lowest BCUT2D eigenvalue weighted by molar-refractivity contribution is -0.146. The summed E-state index contributed by atoms with van der Waals surface area (Å²) in [7, 11) is 1.22. The zero-order valence-corrected chi connectivity index (χ0v) is 36.2. The highest BCUT2D eigenvalue weighted by molar-refractivity contribution is 5.96. The van der Waals surface area contributed by atoms with E-state index in [1.807, 2.05) is 74.5 Å². The Morgan fingerprint density at radius 3 is 1.97 bits per heavy atom. The number of methoxy groups -OCH3 is 1. The molecule has 0 aliphatic carbocycles. The van der Waals surface area contributed by atoms with Crippen LogP contribution in [0.5, 0.6) is 0 Å². The van der Waals surface area contributed by atoms with Gasteiger partial charge in [-0.1, -0.05) is 88.4 Å². The molecule has 0 radical (unpaired) electrons. The number of ether oxygens (including phenoxy) is 3. The Balaban J connectivity index is 1.75. The van der Waals surface area contributed by atoms with Crippen molar-refractivity contribution in [3.05, 3.63) is 71.8 Å². The molecule has 0 aromatic heterocycles. The van der Waals surface area contributed by atoms with Gasteiger partial charge in [0, 0.05) is 19.5 Å². The van der Waals surface area contributed by atoms with Crippen LogP contribution in [0.15, 0.2) is 60.7 Å². The molecule has 2 aromatic carbocycles. The third kappa shape index (κ3) is 16.5. The van der Waals surface area contributed by atoms with Gasteiger partial charge < -0.3 is 45.7 Å². The number of nitrogens with one attached hydrogen (secondary N) is 5. The Labute approximate surface area is 353 Å². The second-order valence-electron chi connectivity index (χ2n) is 16.7. The first kappa shape index (κ1) is 48.7. The molecule has 0 saturated carbocycles. The maximum absolute atomic E-state index is 14.1. The van der Waals surface area contributed by atoms with E-state index >= 15 is 0 Å². The minimum absolute atomic E-state index is 0.0258. The van der Waals surface area contributed by atoms with Crippen molar-refractivity contribution in [3.8, 4) is 0 Å². The first-order chi connectivity index (χ1) is 28.4. The molecule has 0 bridgehead atoms. The van der Waals surface area contributed by atoms with Crippen LogP contribution < -0.4 is 26.6 Å². The smallest absolute Gasteiger partial charge is 0.408 e. The van der Waals surface area contributed by atoms with Crippen LogP contribution in [0, 0.1) is 11.8 Å². The van der Waals surface area contributed by atoms with Crippen LogP contribution in [-0.4, -0.2) is 103 Å². The first-order valence-corrected chi connectivity index (χ1v) is 20.7. The van der Waals surface area contributed by atoms with E-state index < -0.39 is 83.5 Å². The van der Waals surface area contributed by atoms with E-state index in [0.29, 0.717) is 12.8 Å². The van der Waals surface area contributed by atoms with Gasteiger partial charge in [-0.15, -0.1) is 0 Å². The highest BCUT2D eigenvalue weighted by Gasteiger charge is 2.40. The number of likely N-dealkylation sites (tertiary alicyclic amines) is 1. The number of benzene rings is 2. The minimum atomic E-state index is -1.17. The number of hydrogen-bond donors (Lipinski definition) is 5. The minimum Gasteiger partial charge on any atom is -0.467 e. The largest absolute Gasteiger partial charge is 0.467 e. The highest BCUT2D eigenvalue weighted by Crippen LogP contribution is 2.21. The van der Waals surface area contributed by atoms with Gasteiger partial charge in [-0.25, -0.2) is 14.4 Å². The van der Waals surface area contributed by atoms with Gasteiger partial charge >= 0.3 is 18.2 Å². The molecular formula is C44H64N6O10. The molecule has 5 atom stereocenters. The fourth-order valence-corrected chi connectivity index (χ4v) is 6.69. The van der Waals surface area contributed by atoms with Crippen molar-refractivity contribution in [2.24, 2.45) is 11.8 Å². The molecular weight excluding hydrogens is 773 g/mol. The molecule has 3 rings (SSSR count). The SMILES string of the molecule is COC(=O)[C@H](CC(C)C)NC(=O)[C@@H](CCCNC(=O)OCc1ccccc1)NC(=O)[C@@H](NC(=O)[C@@H]1CCCN1C(=O)[C@@H](Cc1ccccc1)NC(=O)OC(C)(C)C)C(C)C. The van der Waals surface area contributed by atoms with Crippen LogP contribution in [0.2, 0.25) is 0 Å². The summed E-state index contributed by atoms with van der Waals surface area (Å²) in [4.78, 5) is 95.1. The average Bonchev–Trinajstić information content (AvgIpc) is 3.69. The number of hydrogen-bond acceptors (Lipinski definition) is 10. The van der Waals surface area contributed by atoms with Crippen molar-refractivity contribution in [2.75, 3.05) is 20.2 Å². The first-order valence-electron chi connectivity index (χ1n) is 20.7. The van der Waals surface area contributed by atoms with E-state index in [1.54, 1.807) is 34.6 Å². The van der Waals surface area contributed by atoms with Crippen molar-refractivity contribution >= 4 is 41.8 Å². The van der Waals surface area contributed by atoms with Gasteiger partial charge in [-0.05, 0) is 75.8 Å². The Bertz CT molecular complexity index is 1730. The molecule has 6 amide bonds. The molecule has 1 saturated heterocycles. The lowest BCUT2D eigenvalue weighted by Gasteiger charge is -2.31. The van der Waals surface area contributed by atoms with Crippen LogP contribution in [0.1, 0.15) is 91.7 Å². The lowest BCUT2D eigenvalue weighted by atomic mass is 10.0. The molecule has 1 aliphatic heterocycles. The Kier molecular flexibility index (Phi) is 19.3. The summed E-state index contributed by atoms with van der Waals surface area (Å²) in [5.74, 6) is -3.40. The van der Waals surface area contributed by atoms with Crippen molar-refractivity contribution in [1.29, 1.82) is 0 Å². The molecule has 60 heavy (non-hydrogen) atoms. The number of alkyl carbamates (subject to hydrolysis) is 2. The fraction of sp³-hybridized carbons (Fsp3) is 0.568. The van der Waals surface area contributed by atoms with E-state index in [4.69, 9.17) is 14.2 Å². The van der Waals surface area contributed by atoms with Crippen LogP contribution in [0.25, 0.3) is 0 Å². The van der Waals surface area contributed by atoms with Crippen molar-refractivity contribution in [2.45, 2.75) is 129 Å². The molecule has 2 aromatic rings. The van der Waals surface area contributed by atoms with Crippen molar-refractivity contribution < 1.29 is 47.8 Å². The molecule has 0 spiro atoms. The van der Waals surface area contributed by atoms with Gasteiger partial charge in [-0.2, -0.15) is 0 Å². The summed E-state index contributed by atoms with van der Waals surface area (Å²) in [6, 6.07) is 13.1. The molecule has 1 heterocycles. The number of rotatable bonds is 20. The van der Waals surface area contributed by atoms with Crippen LogP contribution in [-0.2, 0) is 51.2 Å². The van der Waals surface area contributed by atoms with E-state index in [1.165, 1.54) is 12.0 Å². The van der Waals surface area contributed by atoms with Crippen LogP contribution >= 0.6 is 0 Å². The molecule has 16 nitrogen and oxygen atoms in total. The summed E-state index contributed by atoms with van der Waals surface area (Å²) in [6.07, 6.45) is 0.158. The predicted octanol–water partition coefficient (Wildman–Crippen LogP) is 4.15. The average molecular weight is 837 g/mol. The summed E-state index contributed by atoms with van der Waals surface area (Å²) < 4.78 is 15.6. The number of nitrogens with zero attached hydrogens (tertiary/aromatic N) is 1. The molecule has 1 fully saturated rings. The van der Waals surface area contributed by atoms with E-state index in [-0.39, 0.29) is 51.3 Å². The van der Waals surface area contributed by atoms with Crippen molar-refractivity contribution in [3.63, 3.8) is 0 Å². The van der Waals surface area contributed by atoms with Gasteiger partial charge in [0.25, 0.3) is 0 Å². The summed E-state index contributed by atoms with van der Waals surface area (Å²) in [5, 5.41) is 13.6. The van der Waals surface area contributed by atoms with E-state index in [0.717, 1.165) is 11.1 Å². The molecule has 16 heteroatoms. The van der Waals surface area contributed by atoms with Gasteiger partial charge in [-0.3, -0.25) is 19.2 Å². The normalized spacial score (nSPS) is 15.8. The standard InChI is InChI=1S/C44H64N6O10/c1-28(2)25-34(41(55)58-8)47-37(51)32(21-15-23-45-42(56)59-27-31-19-13-10-14-20-31)46-39(53)36(29(3)4)49-38(52)35-22-16-24-50(35)40(54)33(26-30-17-11-9-12-18-30)48-43(57)60-44(5,6)7/h9-14,17-20,28-29,32-36H,15-16,21-27H2,1-8H3,(H,45,56)(H,46,53)(H,47,51)(H,48,57)(H,49,52)/t32-,33-,34+,35+,36+/m1/s1. The Hall–Kier alpha value is -5.67. The van der Waals surface area contributed by atoms with Gasteiger partial charge in [0.15, 0.2) is 0 Å². The topological polar surface area (TPSA) is 211 Å². The third-order valence-electron chi connectivity index (χ3n) is 9.65. The van der Waals surface area contributed by atoms with Gasteiger partial charge in [0.05, 0.1) is 7.11 Å². The fourth-order valence-electron chi connectivity index (χ4n) is 6.69. The second kappa shape index (κ2) is 23.8. The zero-order chi connectivity index (χ0) is 44.4. The van der Waals surface area contributed by atoms with Gasteiger partial charge in [0.1, 0.15) is 42.4 Å². The predicted molar refractivity (Wildman–Crippen MR) is 224 cm³/mol.